The van der Waals surface area contributed by atoms with E-state index in [-0.39, 0.29) is 13.1 Å². The minimum atomic E-state index is -0.176. The molecule has 1 saturated heterocycles. The molecule has 1 rings (SSSR count). The van der Waals surface area contributed by atoms with E-state index in [2.05, 4.69) is 9.78 Å². The van der Waals surface area contributed by atoms with E-state index in [1.807, 2.05) is 0 Å². The van der Waals surface area contributed by atoms with Crippen LogP contribution in [0.1, 0.15) is 6.92 Å². The van der Waals surface area contributed by atoms with E-state index >= 15 is 0 Å². The van der Waals surface area contributed by atoms with Crippen molar-refractivity contribution in [1.29, 1.82) is 0 Å². The lowest BCUT2D eigenvalue weighted by Crippen LogP contribution is -1.97. The summed E-state index contributed by atoms with van der Waals surface area (Å²) in [4.78, 5) is 8.77. The molecule has 0 saturated carbocycles. The Kier molecular flexibility index (Phi) is 1.05. The van der Waals surface area contributed by atoms with Crippen LogP contribution in [0.3, 0.4) is 0 Å². The van der Waals surface area contributed by atoms with Gasteiger partial charge in [0, 0.05) is 0 Å². The van der Waals surface area contributed by atoms with Crippen molar-refractivity contribution < 1.29 is 14.5 Å². The van der Waals surface area contributed by atoms with Crippen molar-refractivity contribution in [2.24, 2.45) is 0 Å². The number of hydrogen-bond acceptors (Lipinski definition) is 3. The van der Waals surface area contributed by atoms with Gasteiger partial charge in [-0.2, -0.15) is 0 Å². The molecule has 1 unspecified atom stereocenters. The minimum absolute atomic E-state index is 0.176. The second kappa shape index (κ2) is 1.55. The van der Waals surface area contributed by atoms with Gasteiger partial charge in [-0.1, -0.05) is 0 Å². The molecule has 0 aromatic heterocycles. The van der Waals surface area contributed by atoms with E-state index in [1.54, 1.807) is 6.92 Å². The Hall–Kier alpha value is -0.120. The van der Waals surface area contributed by atoms with E-state index in [4.69, 9.17) is 4.74 Å². The fourth-order valence-corrected chi connectivity index (χ4v) is 0.275. The number of hydrogen-bond donors (Lipinski definition) is 0. The van der Waals surface area contributed by atoms with E-state index in [9.17, 15) is 0 Å². The van der Waals surface area contributed by atoms with Crippen molar-refractivity contribution in [3.8, 4) is 0 Å². The van der Waals surface area contributed by atoms with E-state index in [0.717, 1.165) is 0 Å². The smallest absolute Gasteiger partial charge is 0.191 e. The summed E-state index contributed by atoms with van der Waals surface area (Å²) in [7, 11) is 0. The van der Waals surface area contributed by atoms with Gasteiger partial charge in [-0.15, -0.1) is 0 Å². The lowest BCUT2D eigenvalue weighted by molar-refractivity contribution is -0.272. The van der Waals surface area contributed by atoms with Crippen molar-refractivity contribution >= 4 is 0 Å². The van der Waals surface area contributed by atoms with E-state index in [1.165, 1.54) is 0 Å². The fraction of sp³-hybridized carbons (Fsp3) is 1.00. The first-order valence-corrected chi connectivity index (χ1v) is 1.79. The molecule has 0 bridgehead atoms. The van der Waals surface area contributed by atoms with Crippen LogP contribution in [-0.4, -0.2) is 13.1 Å². The van der Waals surface area contributed by atoms with Crippen molar-refractivity contribution in [3.63, 3.8) is 0 Å². The highest BCUT2D eigenvalue weighted by Gasteiger charge is 2.08. The number of ether oxygens (including phenoxy) is 1. The summed E-state index contributed by atoms with van der Waals surface area (Å²) < 4.78 is 4.71. The van der Waals surface area contributed by atoms with Gasteiger partial charge < -0.3 is 4.74 Å². The van der Waals surface area contributed by atoms with E-state index in [0.29, 0.717) is 0 Å². The first-order chi connectivity index (χ1) is 2.89. The third-order valence-electron chi connectivity index (χ3n) is 0.554. The predicted octanol–water partition coefficient (Wildman–Crippen LogP) is 0.268. The highest BCUT2D eigenvalue weighted by molar-refractivity contribution is 4.22. The molecule has 1 fully saturated rings. The van der Waals surface area contributed by atoms with Crippen LogP contribution in [0.15, 0.2) is 0 Å². The van der Waals surface area contributed by atoms with E-state index < -0.39 is 0 Å². The van der Waals surface area contributed by atoms with Gasteiger partial charge in [0.15, 0.2) is 13.1 Å². The first kappa shape index (κ1) is 4.05. The SMILES string of the molecule is CC1OCOO1. The minimum Gasteiger partial charge on any atom is -0.321 e. The molecule has 1 atom stereocenters. The summed E-state index contributed by atoms with van der Waals surface area (Å²) in [6.45, 7) is 2.04. The van der Waals surface area contributed by atoms with Crippen LogP contribution in [0.25, 0.3) is 0 Å². The molecule has 3 heteroatoms. The Morgan fingerprint density at radius 1 is 1.67 bits per heavy atom. The lowest BCUT2D eigenvalue weighted by Gasteiger charge is -1.90. The maximum atomic E-state index is 4.71. The topological polar surface area (TPSA) is 27.7 Å². The maximum Gasteiger partial charge on any atom is 0.191 e. The van der Waals surface area contributed by atoms with Crippen LogP contribution in [0.2, 0.25) is 0 Å². The quantitative estimate of drug-likeness (QED) is 0.399. The monoisotopic (exact) mass is 90.0 g/mol. The van der Waals surface area contributed by atoms with Crippen LogP contribution in [0, 0.1) is 0 Å². The number of rotatable bonds is 0. The van der Waals surface area contributed by atoms with Crippen molar-refractivity contribution in [2.45, 2.75) is 13.2 Å². The van der Waals surface area contributed by atoms with Gasteiger partial charge in [-0.05, 0) is 6.92 Å². The van der Waals surface area contributed by atoms with Crippen molar-refractivity contribution in [3.05, 3.63) is 0 Å². The second-order valence-electron chi connectivity index (χ2n) is 1.07. The Balaban J connectivity index is 2.18. The molecule has 36 valence electrons. The Morgan fingerprint density at radius 2 is 2.50 bits per heavy atom. The average Bonchev–Trinajstić information content (AvgIpc) is 1.86. The third-order valence-corrected chi connectivity index (χ3v) is 0.554. The molecular formula is C3H6O3. The molecule has 6 heavy (non-hydrogen) atoms. The van der Waals surface area contributed by atoms with Gasteiger partial charge in [-0.25, -0.2) is 9.78 Å². The van der Waals surface area contributed by atoms with Crippen LogP contribution < -0.4 is 0 Å². The van der Waals surface area contributed by atoms with Crippen LogP contribution in [-0.2, 0) is 14.5 Å². The van der Waals surface area contributed by atoms with Crippen molar-refractivity contribution in [1.82, 2.24) is 0 Å². The maximum absolute atomic E-state index is 4.71. The van der Waals surface area contributed by atoms with Gasteiger partial charge in [0.2, 0.25) is 0 Å². The molecule has 0 aromatic carbocycles. The molecule has 0 aliphatic carbocycles. The molecule has 0 spiro atoms. The molecule has 3 nitrogen and oxygen atoms in total. The highest BCUT2D eigenvalue weighted by Crippen LogP contribution is 2.01. The third kappa shape index (κ3) is 0.680. The van der Waals surface area contributed by atoms with Gasteiger partial charge in [0.05, 0.1) is 0 Å². The normalized spacial score (nSPS) is 34.5. The van der Waals surface area contributed by atoms with Crippen molar-refractivity contribution in [2.75, 3.05) is 6.79 Å². The fourth-order valence-electron chi connectivity index (χ4n) is 0.275. The van der Waals surface area contributed by atoms with Crippen LogP contribution >= 0.6 is 0 Å². The molecule has 0 N–H and O–H groups in total. The molecule has 1 aliphatic rings. The zero-order valence-corrected chi connectivity index (χ0v) is 3.51. The molecule has 0 aromatic rings. The second-order valence-corrected chi connectivity index (χ2v) is 1.07. The summed E-state index contributed by atoms with van der Waals surface area (Å²) in [6, 6.07) is 0. The largest absolute Gasteiger partial charge is 0.321 e. The first-order valence-electron chi connectivity index (χ1n) is 1.79. The van der Waals surface area contributed by atoms with Crippen LogP contribution in [0.4, 0.5) is 0 Å². The van der Waals surface area contributed by atoms with Gasteiger partial charge >= 0.3 is 0 Å². The van der Waals surface area contributed by atoms with Crippen LogP contribution in [0.5, 0.6) is 0 Å². The zero-order chi connectivity index (χ0) is 4.41. The average molecular weight is 90.1 g/mol. The van der Waals surface area contributed by atoms with Gasteiger partial charge in [-0.3, -0.25) is 0 Å². The summed E-state index contributed by atoms with van der Waals surface area (Å²) >= 11 is 0. The van der Waals surface area contributed by atoms with Gasteiger partial charge in [0.25, 0.3) is 0 Å². The zero-order valence-electron chi connectivity index (χ0n) is 3.51. The molecule has 1 aliphatic heterocycles. The molecular weight excluding hydrogens is 84.0 g/mol. The predicted molar refractivity (Wildman–Crippen MR) is 17.6 cm³/mol. The Bertz CT molecular complexity index is 39.3. The molecule has 0 radical (unpaired) electrons. The standard InChI is InChI=1S/C3H6O3/c1-3-4-2-5-6-3/h3H,2H2,1H3. The Morgan fingerprint density at radius 3 is 2.67 bits per heavy atom. The summed E-state index contributed by atoms with van der Waals surface area (Å²) in [6.07, 6.45) is -0.176. The summed E-state index contributed by atoms with van der Waals surface area (Å²) in [5.74, 6) is 0. The summed E-state index contributed by atoms with van der Waals surface area (Å²) in [5.41, 5.74) is 0. The lowest BCUT2D eigenvalue weighted by atomic mass is 10.8. The summed E-state index contributed by atoms with van der Waals surface area (Å²) in [5, 5.41) is 0. The molecule has 0 amide bonds. The van der Waals surface area contributed by atoms with Gasteiger partial charge in [0.1, 0.15) is 0 Å². The Labute approximate surface area is 35.7 Å². The molecule has 1 heterocycles. The highest BCUT2D eigenvalue weighted by atomic mass is 17.3.